The van der Waals surface area contributed by atoms with Gasteiger partial charge in [0, 0.05) is 6.04 Å². The highest BCUT2D eigenvalue weighted by molar-refractivity contribution is 7.91. The van der Waals surface area contributed by atoms with Crippen molar-refractivity contribution in [1.82, 2.24) is 5.32 Å². The van der Waals surface area contributed by atoms with E-state index in [2.05, 4.69) is 26.1 Å². The normalized spacial score (nSPS) is 25.3. The number of nitrogens with one attached hydrogen (secondary N) is 1. The first-order chi connectivity index (χ1) is 8.04. The van der Waals surface area contributed by atoms with E-state index >= 15 is 0 Å². The predicted molar refractivity (Wildman–Crippen MR) is 72.9 cm³/mol. The van der Waals surface area contributed by atoms with Crippen LogP contribution in [0.2, 0.25) is 0 Å². The van der Waals surface area contributed by atoms with Gasteiger partial charge in [0.1, 0.15) is 0 Å². The molecule has 0 spiro atoms. The highest BCUT2D eigenvalue weighted by atomic mass is 32.2. The number of rotatable bonds is 7. The summed E-state index contributed by atoms with van der Waals surface area (Å²) in [4.78, 5) is 0. The van der Waals surface area contributed by atoms with Crippen LogP contribution in [0.5, 0.6) is 0 Å². The van der Waals surface area contributed by atoms with Gasteiger partial charge in [0.25, 0.3) is 0 Å². The van der Waals surface area contributed by atoms with E-state index in [9.17, 15) is 8.42 Å². The van der Waals surface area contributed by atoms with Gasteiger partial charge in [0.05, 0.1) is 11.5 Å². The smallest absolute Gasteiger partial charge is 0.150 e. The van der Waals surface area contributed by atoms with Crippen LogP contribution in [0.15, 0.2) is 0 Å². The summed E-state index contributed by atoms with van der Waals surface area (Å²) in [5.74, 6) is 1.73. The molecule has 0 aromatic heterocycles. The molecular formula is C13H27NO2S. The zero-order valence-corrected chi connectivity index (χ0v) is 12.2. The minimum absolute atomic E-state index is 0.330. The highest BCUT2D eigenvalue weighted by Crippen LogP contribution is 2.28. The van der Waals surface area contributed by atoms with Gasteiger partial charge in [-0.05, 0) is 31.2 Å². The van der Waals surface area contributed by atoms with Crippen LogP contribution in [0.4, 0.5) is 0 Å². The van der Waals surface area contributed by atoms with Crippen LogP contribution in [0.1, 0.15) is 46.5 Å². The van der Waals surface area contributed by atoms with E-state index in [0.29, 0.717) is 29.4 Å². The van der Waals surface area contributed by atoms with E-state index in [4.69, 9.17) is 0 Å². The van der Waals surface area contributed by atoms with E-state index in [1.807, 2.05) is 0 Å². The Morgan fingerprint density at radius 2 is 1.88 bits per heavy atom. The van der Waals surface area contributed by atoms with Crippen LogP contribution >= 0.6 is 0 Å². The molecule has 0 bridgehead atoms. The van der Waals surface area contributed by atoms with Gasteiger partial charge in [-0.1, -0.05) is 33.6 Å². The van der Waals surface area contributed by atoms with Crippen LogP contribution < -0.4 is 5.32 Å². The molecule has 0 aromatic carbocycles. The number of sulfone groups is 1. The Morgan fingerprint density at radius 3 is 2.29 bits per heavy atom. The van der Waals surface area contributed by atoms with Crippen molar-refractivity contribution in [3.63, 3.8) is 0 Å². The molecule has 0 radical (unpaired) electrons. The van der Waals surface area contributed by atoms with Gasteiger partial charge in [-0.15, -0.1) is 0 Å². The predicted octanol–water partition coefficient (Wildman–Crippen LogP) is 2.23. The summed E-state index contributed by atoms with van der Waals surface area (Å²) in [6.07, 6.45) is 4.22. The van der Waals surface area contributed by atoms with Crippen molar-refractivity contribution in [1.29, 1.82) is 0 Å². The first kappa shape index (κ1) is 15.0. The topological polar surface area (TPSA) is 46.2 Å². The second-order valence-corrected chi connectivity index (χ2v) is 7.45. The van der Waals surface area contributed by atoms with Gasteiger partial charge in [0.2, 0.25) is 0 Å². The molecule has 1 N–H and O–H groups in total. The van der Waals surface area contributed by atoms with Crippen molar-refractivity contribution in [2.75, 3.05) is 18.1 Å². The average molecular weight is 261 g/mol. The summed E-state index contributed by atoms with van der Waals surface area (Å²) in [5.41, 5.74) is 0. The fourth-order valence-electron chi connectivity index (χ4n) is 2.93. The van der Waals surface area contributed by atoms with E-state index in [0.717, 1.165) is 32.2 Å². The van der Waals surface area contributed by atoms with Crippen molar-refractivity contribution < 1.29 is 8.42 Å². The maximum atomic E-state index is 11.6. The van der Waals surface area contributed by atoms with E-state index in [1.165, 1.54) is 0 Å². The Morgan fingerprint density at radius 1 is 1.24 bits per heavy atom. The van der Waals surface area contributed by atoms with Crippen molar-refractivity contribution >= 4 is 9.84 Å². The van der Waals surface area contributed by atoms with E-state index in [1.54, 1.807) is 0 Å². The number of hydrogen-bond acceptors (Lipinski definition) is 3. The van der Waals surface area contributed by atoms with Crippen molar-refractivity contribution in [3.05, 3.63) is 0 Å². The standard InChI is InChI=1S/C13H27NO2S/c1-4-8-14-13(11(5-2)6-3)12-7-9-17(15,16)10-12/h11-14H,4-10H2,1-3H3. The van der Waals surface area contributed by atoms with Crippen molar-refractivity contribution in [2.45, 2.75) is 52.5 Å². The van der Waals surface area contributed by atoms with Crippen LogP contribution in [0.25, 0.3) is 0 Å². The molecule has 0 aromatic rings. The summed E-state index contributed by atoms with van der Waals surface area (Å²) < 4.78 is 23.2. The maximum absolute atomic E-state index is 11.6. The van der Waals surface area contributed by atoms with Crippen LogP contribution in [-0.4, -0.2) is 32.5 Å². The summed E-state index contributed by atoms with van der Waals surface area (Å²) in [7, 11) is -2.76. The Bertz CT molecular complexity index is 309. The minimum atomic E-state index is -2.76. The van der Waals surface area contributed by atoms with Gasteiger partial charge < -0.3 is 5.32 Å². The SMILES string of the molecule is CCCNC(C(CC)CC)C1CCS(=O)(=O)C1. The maximum Gasteiger partial charge on any atom is 0.150 e. The zero-order chi connectivity index (χ0) is 12.9. The lowest BCUT2D eigenvalue weighted by molar-refractivity contribution is 0.260. The van der Waals surface area contributed by atoms with Crippen molar-refractivity contribution in [2.24, 2.45) is 11.8 Å². The average Bonchev–Trinajstić information content (AvgIpc) is 2.65. The second-order valence-electron chi connectivity index (χ2n) is 5.22. The quantitative estimate of drug-likeness (QED) is 0.764. The van der Waals surface area contributed by atoms with Crippen LogP contribution in [-0.2, 0) is 9.84 Å². The highest BCUT2D eigenvalue weighted by Gasteiger charge is 2.35. The number of hydrogen-bond donors (Lipinski definition) is 1. The third-order valence-corrected chi connectivity index (χ3v) is 5.76. The minimum Gasteiger partial charge on any atom is -0.313 e. The Labute approximate surface area is 106 Å². The van der Waals surface area contributed by atoms with Gasteiger partial charge in [-0.25, -0.2) is 8.42 Å². The molecular weight excluding hydrogens is 234 g/mol. The van der Waals surface area contributed by atoms with Crippen LogP contribution in [0, 0.1) is 11.8 Å². The molecule has 102 valence electrons. The van der Waals surface area contributed by atoms with Gasteiger partial charge >= 0.3 is 0 Å². The van der Waals surface area contributed by atoms with Gasteiger partial charge in [-0.2, -0.15) is 0 Å². The molecule has 1 saturated heterocycles. The van der Waals surface area contributed by atoms with E-state index in [-0.39, 0.29) is 0 Å². The molecule has 3 nitrogen and oxygen atoms in total. The molecule has 2 atom stereocenters. The molecule has 17 heavy (non-hydrogen) atoms. The fraction of sp³-hybridized carbons (Fsp3) is 1.00. The van der Waals surface area contributed by atoms with Gasteiger partial charge in [-0.3, -0.25) is 0 Å². The Kier molecular flexibility index (Phi) is 5.93. The van der Waals surface area contributed by atoms with Crippen LogP contribution in [0.3, 0.4) is 0 Å². The molecule has 0 amide bonds. The summed E-state index contributed by atoms with van der Waals surface area (Å²) in [5, 5.41) is 3.59. The first-order valence-electron chi connectivity index (χ1n) is 6.97. The molecule has 1 aliphatic rings. The lowest BCUT2D eigenvalue weighted by Gasteiger charge is -2.31. The Balaban J connectivity index is 2.69. The lowest BCUT2D eigenvalue weighted by atomic mass is 9.84. The third-order valence-electron chi connectivity index (χ3n) is 3.96. The lowest BCUT2D eigenvalue weighted by Crippen LogP contribution is -2.43. The zero-order valence-electron chi connectivity index (χ0n) is 11.4. The van der Waals surface area contributed by atoms with E-state index < -0.39 is 9.84 Å². The molecule has 1 aliphatic heterocycles. The fourth-order valence-corrected chi connectivity index (χ4v) is 4.79. The molecule has 0 saturated carbocycles. The molecule has 1 rings (SSSR count). The van der Waals surface area contributed by atoms with Gasteiger partial charge in [0.15, 0.2) is 9.84 Å². The summed E-state index contributed by atoms with van der Waals surface area (Å²) >= 11 is 0. The molecule has 1 fully saturated rings. The summed E-state index contributed by atoms with van der Waals surface area (Å²) in [6.45, 7) is 7.57. The Hall–Kier alpha value is -0.0900. The largest absolute Gasteiger partial charge is 0.313 e. The van der Waals surface area contributed by atoms with Crippen molar-refractivity contribution in [3.8, 4) is 0 Å². The summed E-state index contributed by atoms with van der Waals surface area (Å²) in [6, 6.07) is 0.391. The molecule has 4 heteroatoms. The monoisotopic (exact) mass is 261 g/mol. The molecule has 0 aliphatic carbocycles. The molecule has 2 unspecified atom stereocenters. The second kappa shape index (κ2) is 6.74. The third kappa shape index (κ3) is 4.25. The molecule has 1 heterocycles. The first-order valence-corrected chi connectivity index (χ1v) is 8.80.